The summed E-state index contributed by atoms with van der Waals surface area (Å²) >= 11 is 0. The average Bonchev–Trinajstić information content (AvgIpc) is 2.72. The molecule has 3 aromatic rings. The van der Waals surface area contributed by atoms with E-state index in [-0.39, 0.29) is 18.1 Å². The van der Waals surface area contributed by atoms with Crippen molar-refractivity contribution in [1.29, 1.82) is 0 Å². The first kappa shape index (κ1) is 23.5. The Hall–Kier alpha value is -3.19. The third kappa shape index (κ3) is 6.17. The number of halogens is 1. The molecule has 5 nitrogen and oxygen atoms in total. The Bertz CT molecular complexity index is 1180. The Kier molecular flexibility index (Phi) is 6.99. The van der Waals surface area contributed by atoms with Crippen LogP contribution in [0.3, 0.4) is 0 Å². The lowest BCUT2D eigenvalue weighted by molar-refractivity contribution is 0.0913. The molecule has 7 heteroatoms. The Morgan fingerprint density at radius 1 is 0.906 bits per heavy atom. The fourth-order valence-corrected chi connectivity index (χ4v) is 4.38. The van der Waals surface area contributed by atoms with Gasteiger partial charge in [-0.1, -0.05) is 54.6 Å². The van der Waals surface area contributed by atoms with E-state index in [0.717, 1.165) is 16.1 Å². The number of hydrogen-bond donors (Lipinski definition) is 1. The van der Waals surface area contributed by atoms with E-state index in [0.29, 0.717) is 17.5 Å². The number of anilines is 1. The summed E-state index contributed by atoms with van der Waals surface area (Å²) in [5, 5.41) is 3.04. The van der Waals surface area contributed by atoms with Crippen LogP contribution in [0, 0.1) is 5.82 Å². The van der Waals surface area contributed by atoms with Gasteiger partial charge in [0.15, 0.2) is 0 Å². The number of sulfonamides is 1. The molecule has 0 saturated carbocycles. The van der Waals surface area contributed by atoms with Crippen molar-refractivity contribution in [3.8, 4) is 0 Å². The van der Waals surface area contributed by atoms with Crippen LogP contribution in [0.4, 0.5) is 10.1 Å². The minimum atomic E-state index is -3.70. The van der Waals surface area contributed by atoms with Crippen molar-refractivity contribution >= 4 is 21.6 Å². The van der Waals surface area contributed by atoms with Crippen LogP contribution in [-0.4, -0.2) is 26.1 Å². The van der Waals surface area contributed by atoms with Crippen molar-refractivity contribution in [2.45, 2.75) is 32.4 Å². The summed E-state index contributed by atoms with van der Waals surface area (Å²) in [5.74, 6) is -0.832. The van der Waals surface area contributed by atoms with Gasteiger partial charge in [-0.3, -0.25) is 9.10 Å². The van der Waals surface area contributed by atoms with E-state index >= 15 is 0 Å². The lowest BCUT2D eigenvalue weighted by Gasteiger charge is -2.26. The van der Waals surface area contributed by atoms with E-state index in [9.17, 15) is 17.6 Å². The fraction of sp³-hybridized carbons (Fsp3) is 0.240. The molecule has 0 unspecified atom stereocenters. The van der Waals surface area contributed by atoms with E-state index in [4.69, 9.17) is 0 Å². The Morgan fingerprint density at radius 2 is 1.50 bits per heavy atom. The van der Waals surface area contributed by atoms with E-state index in [1.54, 1.807) is 30.3 Å². The molecule has 0 atom stereocenters. The molecule has 0 heterocycles. The second kappa shape index (κ2) is 9.53. The number of nitrogens with zero attached hydrogens (tertiary/aromatic N) is 1. The van der Waals surface area contributed by atoms with Crippen LogP contribution in [0.5, 0.6) is 0 Å². The van der Waals surface area contributed by atoms with Gasteiger partial charge in [0.05, 0.1) is 18.5 Å². The maximum atomic E-state index is 14.2. The zero-order chi connectivity index (χ0) is 23.4. The first-order valence-electron chi connectivity index (χ1n) is 10.2. The summed E-state index contributed by atoms with van der Waals surface area (Å²) in [7, 11) is -3.70. The Morgan fingerprint density at radius 3 is 2.09 bits per heavy atom. The molecule has 0 bridgehead atoms. The first-order valence-corrected chi connectivity index (χ1v) is 12.1. The van der Waals surface area contributed by atoms with Crippen LogP contribution in [0.25, 0.3) is 0 Å². The molecule has 0 aliphatic carbocycles. The maximum Gasteiger partial charge on any atom is 0.251 e. The van der Waals surface area contributed by atoms with Gasteiger partial charge >= 0.3 is 0 Å². The second-order valence-corrected chi connectivity index (χ2v) is 10.3. The third-order valence-corrected chi connectivity index (χ3v) is 6.13. The van der Waals surface area contributed by atoms with Gasteiger partial charge in [0.1, 0.15) is 5.82 Å². The number of para-hydroxylation sites is 1. The molecular formula is C25H27FN2O3S. The molecule has 3 rings (SSSR count). The monoisotopic (exact) mass is 454 g/mol. The number of nitrogens with one attached hydrogen (secondary N) is 1. The minimum Gasteiger partial charge on any atom is -0.347 e. The van der Waals surface area contributed by atoms with Crippen LogP contribution in [0.2, 0.25) is 0 Å². The Labute approximate surface area is 188 Å². The third-order valence-electron chi connectivity index (χ3n) is 5.00. The molecule has 1 amide bonds. The van der Waals surface area contributed by atoms with Crippen LogP contribution in [0.15, 0.2) is 78.9 Å². The number of amides is 1. The molecule has 0 aliphatic rings. The van der Waals surface area contributed by atoms with Gasteiger partial charge in [-0.15, -0.1) is 0 Å². The molecule has 0 radical (unpaired) electrons. The lowest BCUT2D eigenvalue weighted by Crippen LogP contribution is -2.45. The average molecular weight is 455 g/mol. The summed E-state index contributed by atoms with van der Waals surface area (Å²) in [6.45, 7) is 3.89. The molecule has 3 aromatic carbocycles. The number of carbonyl (C=O) groups is 1. The Balaban J connectivity index is 1.72. The molecule has 0 aliphatic heterocycles. The van der Waals surface area contributed by atoms with Crippen molar-refractivity contribution in [2.75, 3.05) is 10.6 Å². The highest BCUT2D eigenvalue weighted by molar-refractivity contribution is 7.92. The van der Waals surface area contributed by atoms with Crippen molar-refractivity contribution in [2.24, 2.45) is 0 Å². The quantitative estimate of drug-likeness (QED) is 0.543. The molecule has 0 spiro atoms. The van der Waals surface area contributed by atoms with Gasteiger partial charge in [0.2, 0.25) is 10.0 Å². The smallest absolute Gasteiger partial charge is 0.251 e. The van der Waals surface area contributed by atoms with Gasteiger partial charge in [-0.05, 0) is 55.7 Å². The second-order valence-electron chi connectivity index (χ2n) is 8.42. The number of hydrogen-bond acceptors (Lipinski definition) is 3. The van der Waals surface area contributed by atoms with E-state index in [1.165, 1.54) is 18.2 Å². The van der Waals surface area contributed by atoms with Crippen LogP contribution in [0.1, 0.15) is 35.3 Å². The van der Waals surface area contributed by atoms with Gasteiger partial charge in [0.25, 0.3) is 5.91 Å². The standard InChI is InChI=1S/C25H27FN2O3S/c1-25(2,17-19-9-5-4-6-10-19)27-24(29)21-15-13-20(14-16-21)18-28(32(3,30)31)23-12-8-7-11-22(23)26/h4-16H,17-18H2,1-3H3,(H,27,29). The van der Waals surface area contributed by atoms with Crippen LogP contribution < -0.4 is 9.62 Å². The van der Waals surface area contributed by atoms with Crippen LogP contribution in [-0.2, 0) is 23.0 Å². The van der Waals surface area contributed by atoms with Gasteiger partial charge < -0.3 is 5.32 Å². The number of benzene rings is 3. The zero-order valence-electron chi connectivity index (χ0n) is 18.4. The highest BCUT2D eigenvalue weighted by Crippen LogP contribution is 2.24. The first-order chi connectivity index (χ1) is 15.0. The van der Waals surface area contributed by atoms with E-state index in [2.05, 4.69) is 5.32 Å². The molecule has 32 heavy (non-hydrogen) atoms. The lowest BCUT2D eigenvalue weighted by atomic mass is 9.94. The largest absolute Gasteiger partial charge is 0.347 e. The topological polar surface area (TPSA) is 66.5 Å². The van der Waals surface area contributed by atoms with E-state index < -0.39 is 21.4 Å². The highest BCUT2D eigenvalue weighted by Gasteiger charge is 2.23. The zero-order valence-corrected chi connectivity index (χ0v) is 19.2. The van der Waals surface area contributed by atoms with Crippen LogP contribution >= 0.6 is 0 Å². The maximum absolute atomic E-state index is 14.2. The predicted molar refractivity (Wildman–Crippen MR) is 126 cm³/mol. The minimum absolute atomic E-state index is 0.0144. The summed E-state index contributed by atoms with van der Waals surface area (Å²) in [6.07, 6.45) is 1.72. The molecule has 0 fully saturated rings. The molecule has 0 aromatic heterocycles. The highest BCUT2D eigenvalue weighted by atomic mass is 32.2. The summed E-state index contributed by atoms with van der Waals surface area (Å²) in [6, 6.07) is 22.3. The van der Waals surface area contributed by atoms with Gasteiger partial charge in [-0.2, -0.15) is 0 Å². The van der Waals surface area contributed by atoms with Gasteiger partial charge in [-0.25, -0.2) is 12.8 Å². The predicted octanol–water partition coefficient (Wildman–Crippen LogP) is 4.54. The van der Waals surface area contributed by atoms with Crippen molar-refractivity contribution in [3.63, 3.8) is 0 Å². The molecule has 1 N–H and O–H groups in total. The van der Waals surface area contributed by atoms with Crippen molar-refractivity contribution in [3.05, 3.63) is 101 Å². The summed E-state index contributed by atoms with van der Waals surface area (Å²) in [4.78, 5) is 12.7. The van der Waals surface area contributed by atoms with Crippen molar-refractivity contribution in [1.82, 2.24) is 5.32 Å². The van der Waals surface area contributed by atoms with Gasteiger partial charge in [0, 0.05) is 11.1 Å². The molecular weight excluding hydrogens is 427 g/mol. The normalized spacial score (nSPS) is 11.8. The molecule has 0 saturated heterocycles. The summed E-state index contributed by atoms with van der Waals surface area (Å²) in [5.41, 5.74) is 1.77. The van der Waals surface area contributed by atoms with Crippen molar-refractivity contribution < 1.29 is 17.6 Å². The van der Waals surface area contributed by atoms with E-state index in [1.807, 2.05) is 44.2 Å². The SMILES string of the molecule is CC(C)(Cc1ccccc1)NC(=O)c1ccc(CN(c2ccccc2F)S(C)(=O)=O)cc1. The summed E-state index contributed by atoms with van der Waals surface area (Å²) < 4.78 is 39.7. The number of rotatable bonds is 8. The fourth-order valence-electron chi connectivity index (χ4n) is 3.49. The number of carbonyl (C=O) groups excluding carboxylic acids is 1. The molecule has 168 valence electrons.